The zero-order chi connectivity index (χ0) is 3.58. The summed E-state index contributed by atoms with van der Waals surface area (Å²) in [7, 11) is 0. The zero-order valence-electron chi connectivity index (χ0n) is 5.37. The van der Waals surface area contributed by atoms with Crippen LogP contribution >= 0.6 is 0 Å². The number of carboxylic acid groups (broad SMARTS) is 2. The van der Waals surface area contributed by atoms with E-state index >= 15 is 0 Å². The number of hydrogen-bond acceptors (Lipinski definition) is 3. The van der Waals surface area contributed by atoms with Gasteiger partial charge in [0.05, 0.1) is 0 Å². The molecule has 0 aromatic carbocycles. The van der Waals surface area contributed by atoms with Crippen LogP contribution in [0.1, 0.15) is 0 Å². The average molecular weight is 286 g/mol. The molecule has 0 aromatic rings. The monoisotopic (exact) mass is 285 g/mol. The Kier molecular flexibility index (Phi) is 1610. The molecule has 0 heterocycles. The molecule has 0 atom stereocenters. The van der Waals surface area contributed by atoms with Crippen LogP contribution in [-0.4, -0.2) is 39.0 Å². The predicted octanol–water partition coefficient (Wildman–Crippen LogP) is -7.40. The minimum absolute atomic E-state index is 0. The van der Waals surface area contributed by atoms with Crippen molar-refractivity contribution in [2.24, 2.45) is 0 Å². The Labute approximate surface area is 87.7 Å². The first-order valence-electron chi connectivity index (χ1n) is 0.612. The quantitative estimate of drug-likeness (QED) is 0.393. The van der Waals surface area contributed by atoms with Gasteiger partial charge >= 0.3 is 16.5 Å². The molecule has 0 unspecified atom stereocenters. The van der Waals surface area contributed by atoms with Crippen molar-refractivity contribution in [2.75, 3.05) is 0 Å². The third-order valence-corrected chi connectivity index (χ3v) is 0. The molecule has 0 bridgehead atoms. The summed E-state index contributed by atoms with van der Waals surface area (Å²) in [6, 6.07) is 0. The summed E-state index contributed by atoms with van der Waals surface area (Å²) >= 11 is 0. The average Bonchev–Trinajstić information content (AvgIpc) is 0.811. The summed E-state index contributed by atoms with van der Waals surface area (Å²) in [6.45, 7) is 0. The third-order valence-electron chi connectivity index (χ3n) is 0. The van der Waals surface area contributed by atoms with Gasteiger partial charge in [0.1, 0.15) is 0 Å². The predicted molar refractivity (Wildman–Crippen MR) is 27.1 cm³/mol. The number of carbonyl (C=O) groups excluding carboxylic acids is 1. The third kappa shape index (κ3) is 909000. The van der Waals surface area contributed by atoms with Gasteiger partial charge in [0.15, 0.2) is 0 Å². The van der Waals surface area contributed by atoms with E-state index in [0.717, 1.165) is 0 Å². The maximum absolute atomic E-state index is 8.33. The second-order valence-electron chi connectivity index (χ2n) is 0.250. The van der Waals surface area contributed by atoms with Gasteiger partial charge in [-0.3, -0.25) is 0 Å². The van der Waals surface area contributed by atoms with E-state index in [1.54, 1.807) is 0 Å². The molecule has 89 valence electrons. The summed E-state index contributed by atoms with van der Waals surface area (Å²) in [4.78, 5) is 8.33. The van der Waals surface area contributed by atoms with E-state index in [4.69, 9.17) is 15.0 Å². The van der Waals surface area contributed by atoms with Crippen LogP contribution in [-0.2, 0) is 33.3 Å². The Hall–Kier alpha value is 0.0300. The minimum atomic E-state index is -2.33. The summed E-state index contributed by atoms with van der Waals surface area (Å²) in [6.07, 6.45) is -2.33. The van der Waals surface area contributed by atoms with Gasteiger partial charge in [0.2, 0.25) is 0 Å². The number of hydrogen-bond donors (Lipinski definition) is 0. The molecule has 0 fully saturated rings. The van der Waals surface area contributed by atoms with Crippen LogP contribution in [0.4, 0.5) is 4.79 Å². The Morgan fingerprint density at radius 1 is 0.750 bits per heavy atom. The van der Waals surface area contributed by atoms with Crippen LogP contribution in [0.2, 0.25) is 0 Å². The van der Waals surface area contributed by atoms with Crippen molar-refractivity contribution in [3.8, 4) is 0 Å². The second-order valence-corrected chi connectivity index (χ2v) is 0.250. The summed E-state index contributed by atoms with van der Waals surface area (Å²) in [5.74, 6) is 0. The number of carbonyl (C=O) groups is 1. The molecule has 0 saturated carbocycles. The van der Waals surface area contributed by atoms with Crippen LogP contribution in [0.25, 0.3) is 0 Å². The van der Waals surface area contributed by atoms with Crippen LogP contribution in [0, 0.1) is 0 Å². The van der Waals surface area contributed by atoms with E-state index in [1.807, 2.05) is 0 Å². The fraction of sp³-hybridized carbons (Fsp3) is 0. The fourth-order valence-electron chi connectivity index (χ4n) is 0. The van der Waals surface area contributed by atoms with Crippen molar-refractivity contribution >= 4 is 6.16 Å². The topological polar surface area (TPSA) is 252 Å². The van der Waals surface area contributed by atoms with Gasteiger partial charge in [-0.05, 0) is 6.16 Å². The van der Waals surface area contributed by atoms with Crippen LogP contribution < -0.4 is 10.2 Å². The van der Waals surface area contributed by atoms with Crippen molar-refractivity contribution in [2.45, 2.75) is 0 Å². The maximum atomic E-state index is 8.33. The van der Waals surface area contributed by atoms with Gasteiger partial charge < -0.3 is 47.9 Å². The molecular formula is CH12CoNiO9. The van der Waals surface area contributed by atoms with Gasteiger partial charge in [0.25, 0.3) is 0 Å². The van der Waals surface area contributed by atoms with Gasteiger partial charge in [-0.2, -0.15) is 0 Å². The van der Waals surface area contributed by atoms with Crippen LogP contribution in [0.15, 0.2) is 0 Å². The molecule has 1 radical (unpaired) electrons. The van der Waals surface area contributed by atoms with E-state index < -0.39 is 6.16 Å². The molecule has 9 nitrogen and oxygen atoms in total. The molecule has 0 saturated heterocycles. The summed E-state index contributed by atoms with van der Waals surface area (Å²) in [5, 5.41) is 16.7. The van der Waals surface area contributed by atoms with Gasteiger partial charge in [0, 0.05) is 16.8 Å². The molecule has 0 amide bonds. The molecule has 0 aliphatic rings. The van der Waals surface area contributed by atoms with Crippen LogP contribution in [0.5, 0.6) is 0 Å². The van der Waals surface area contributed by atoms with E-state index in [2.05, 4.69) is 0 Å². The van der Waals surface area contributed by atoms with E-state index in [0.29, 0.717) is 0 Å². The Bertz CT molecular complexity index is 37.5. The molecule has 11 heteroatoms. The van der Waals surface area contributed by atoms with Crippen molar-refractivity contribution < 1.29 is 81.1 Å². The SMILES string of the molecule is O.O.O.O.O.O.O=C([O-])[O-].[Co].[Ni+2]. The first-order chi connectivity index (χ1) is 1.73. The summed E-state index contributed by atoms with van der Waals surface area (Å²) < 4.78 is 0. The van der Waals surface area contributed by atoms with Crippen molar-refractivity contribution in [1.82, 2.24) is 0 Å². The smallest absolute Gasteiger partial charge is 0.652 e. The van der Waals surface area contributed by atoms with Gasteiger partial charge in [-0.1, -0.05) is 0 Å². The van der Waals surface area contributed by atoms with Gasteiger partial charge in [-0.15, -0.1) is 0 Å². The summed E-state index contributed by atoms with van der Waals surface area (Å²) in [5.41, 5.74) is 0. The first-order valence-corrected chi connectivity index (χ1v) is 0.612. The zero-order valence-corrected chi connectivity index (χ0v) is 7.40. The molecule has 0 rings (SSSR count). The number of rotatable bonds is 0. The Morgan fingerprint density at radius 2 is 0.750 bits per heavy atom. The molecule has 0 aliphatic heterocycles. The maximum Gasteiger partial charge on any atom is 2.00 e. The molecule has 12 heavy (non-hydrogen) atoms. The first kappa shape index (κ1) is 159. The standard InChI is InChI=1S/CH2O3.Co.Ni.6H2O/c2-1(3)4;;;;;;;;/h(H2,2,3,4);;;6*1H2/q;;+2;;;;;;/p-2. The van der Waals surface area contributed by atoms with Crippen molar-refractivity contribution in [3.05, 3.63) is 0 Å². The Balaban J connectivity index is -0.00000000161. The van der Waals surface area contributed by atoms with Crippen LogP contribution in [0.3, 0.4) is 0 Å². The minimum Gasteiger partial charge on any atom is -0.652 e. The molecule has 0 aliphatic carbocycles. The Morgan fingerprint density at radius 3 is 0.750 bits per heavy atom. The molecular weight excluding hydrogens is 274 g/mol. The second kappa shape index (κ2) is 121. The fourth-order valence-corrected chi connectivity index (χ4v) is 0. The van der Waals surface area contributed by atoms with Crippen molar-refractivity contribution in [1.29, 1.82) is 0 Å². The van der Waals surface area contributed by atoms with E-state index in [-0.39, 0.29) is 66.1 Å². The van der Waals surface area contributed by atoms with Gasteiger partial charge in [-0.25, -0.2) is 0 Å². The molecule has 0 spiro atoms. The van der Waals surface area contributed by atoms with Crippen molar-refractivity contribution in [3.63, 3.8) is 0 Å². The largest absolute Gasteiger partial charge is 2.00 e. The van der Waals surface area contributed by atoms with E-state index in [9.17, 15) is 0 Å². The molecule has 12 N–H and O–H groups in total. The normalized spacial score (nSPS) is 2.00. The van der Waals surface area contributed by atoms with E-state index in [1.165, 1.54) is 0 Å². The molecule has 0 aromatic heterocycles.